The molecule has 18 heavy (non-hydrogen) atoms. The molecule has 2 atom stereocenters. The molecule has 0 aromatic rings. The number of likely N-dealkylation sites (tertiary alicyclic amines) is 1. The first-order chi connectivity index (χ1) is 8.72. The minimum Gasteiger partial charge on any atom is -0.383 e. The third-order valence-corrected chi connectivity index (χ3v) is 3.75. The van der Waals surface area contributed by atoms with E-state index in [0.29, 0.717) is 25.0 Å². The fourth-order valence-corrected chi connectivity index (χ4v) is 2.63. The molecule has 1 heterocycles. The van der Waals surface area contributed by atoms with Crippen molar-refractivity contribution in [2.75, 3.05) is 27.3 Å². The molecule has 2 unspecified atom stereocenters. The van der Waals surface area contributed by atoms with Crippen molar-refractivity contribution in [2.24, 2.45) is 0 Å². The molecular formula is C14H28N2O2. The van der Waals surface area contributed by atoms with E-state index in [4.69, 9.17) is 4.74 Å². The normalized spacial score (nSPS) is 23.6. The van der Waals surface area contributed by atoms with Crippen molar-refractivity contribution < 1.29 is 9.53 Å². The maximum absolute atomic E-state index is 12.2. The summed E-state index contributed by atoms with van der Waals surface area (Å²) in [6.45, 7) is 3.67. The van der Waals surface area contributed by atoms with E-state index in [-0.39, 0.29) is 6.04 Å². The van der Waals surface area contributed by atoms with Gasteiger partial charge in [0, 0.05) is 26.1 Å². The van der Waals surface area contributed by atoms with Crippen molar-refractivity contribution in [3.63, 3.8) is 0 Å². The maximum Gasteiger partial charge on any atom is 0.222 e. The van der Waals surface area contributed by atoms with Crippen LogP contribution in [0.2, 0.25) is 0 Å². The van der Waals surface area contributed by atoms with E-state index in [2.05, 4.69) is 12.2 Å². The smallest absolute Gasteiger partial charge is 0.222 e. The predicted octanol–water partition coefficient (Wildman–Crippen LogP) is 1.79. The lowest BCUT2D eigenvalue weighted by molar-refractivity contribution is -0.133. The van der Waals surface area contributed by atoms with Crippen molar-refractivity contribution in [2.45, 2.75) is 57.5 Å². The van der Waals surface area contributed by atoms with E-state index in [1.165, 1.54) is 19.3 Å². The van der Waals surface area contributed by atoms with Crippen LogP contribution in [0.25, 0.3) is 0 Å². The Morgan fingerprint density at radius 3 is 2.78 bits per heavy atom. The molecule has 0 radical (unpaired) electrons. The lowest BCUT2D eigenvalue weighted by Gasteiger charge is -2.24. The number of unbranched alkanes of at least 4 members (excludes halogenated alkanes) is 3. The van der Waals surface area contributed by atoms with Gasteiger partial charge in [-0.25, -0.2) is 0 Å². The van der Waals surface area contributed by atoms with Crippen LogP contribution in [0.5, 0.6) is 0 Å². The van der Waals surface area contributed by atoms with Crippen molar-refractivity contribution in [3.05, 3.63) is 0 Å². The summed E-state index contributed by atoms with van der Waals surface area (Å²) in [6.07, 6.45) is 6.33. The second-order valence-electron chi connectivity index (χ2n) is 5.19. The predicted molar refractivity (Wildman–Crippen MR) is 73.6 cm³/mol. The molecule has 1 N–H and O–H groups in total. The van der Waals surface area contributed by atoms with Crippen LogP contribution in [0.3, 0.4) is 0 Å². The number of ether oxygens (including phenoxy) is 1. The highest BCUT2D eigenvalue weighted by atomic mass is 16.5. The molecule has 0 saturated carbocycles. The van der Waals surface area contributed by atoms with Crippen LogP contribution in [0.4, 0.5) is 0 Å². The number of carbonyl (C=O) groups excluding carboxylic acids is 1. The molecule has 0 aromatic heterocycles. The Kier molecular flexibility index (Phi) is 7.28. The number of carbonyl (C=O) groups is 1. The zero-order valence-electron chi connectivity index (χ0n) is 12.1. The summed E-state index contributed by atoms with van der Waals surface area (Å²) in [4.78, 5) is 14.2. The van der Waals surface area contributed by atoms with Crippen LogP contribution in [0.15, 0.2) is 0 Å². The summed E-state index contributed by atoms with van der Waals surface area (Å²) < 4.78 is 5.22. The Labute approximate surface area is 111 Å². The molecule has 1 aliphatic heterocycles. The molecular weight excluding hydrogens is 228 g/mol. The van der Waals surface area contributed by atoms with Crippen LogP contribution in [-0.2, 0) is 9.53 Å². The lowest BCUT2D eigenvalue weighted by Crippen LogP contribution is -2.38. The average Bonchev–Trinajstić information content (AvgIpc) is 2.78. The second kappa shape index (κ2) is 8.48. The summed E-state index contributed by atoms with van der Waals surface area (Å²) in [5.74, 6) is 0.297. The molecule has 0 aliphatic carbocycles. The summed E-state index contributed by atoms with van der Waals surface area (Å²) in [5, 5.41) is 3.26. The first-order valence-electron chi connectivity index (χ1n) is 7.18. The molecule has 4 nitrogen and oxygen atoms in total. The molecule has 106 valence electrons. The van der Waals surface area contributed by atoms with Gasteiger partial charge in [-0.15, -0.1) is 0 Å². The molecule has 0 aromatic carbocycles. The highest BCUT2D eigenvalue weighted by molar-refractivity contribution is 5.77. The van der Waals surface area contributed by atoms with E-state index >= 15 is 0 Å². The Morgan fingerprint density at radius 2 is 2.17 bits per heavy atom. The Hall–Kier alpha value is -0.610. The van der Waals surface area contributed by atoms with Crippen molar-refractivity contribution in [3.8, 4) is 0 Å². The molecule has 1 amide bonds. The molecule has 1 rings (SSSR count). The van der Waals surface area contributed by atoms with Crippen LogP contribution in [0.1, 0.15) is 45.4 Å². The number of hydrogen-bond donors (Lipinski definition) is 1. The third-order valence-electron chi connectivity index (χ3n) is 3.75. The average molecular weight is 256 g/mol. The first-order valence-corrected chi connectivity index (χ1v) is 7.18. The molecule has 1 aliphatic rings. The van der Waals surface area contributed by atoms with Gasteiger partial charge in [0.25, 0.3) is 0 Å². The Morgan fingerprint density at radius 1 is 1.39 bits per heavy atom. The Balaban J connectivity index is 2.38. The number of methoxy groups -OCH3 is 1. The topological polar surface area (TPSA) is 41.6 Å². The number of amides is 1. The maximum atomic E-state index is 12.2. The third kappa shape index (κ3) is 4.58. The second-order valence-corrected chi connectivity index (χ2v) is 5.19. The molecule has 1 saturated heterocycles. The Bertz CT molecular complexity index is 246. The largest absolute Gasteiger partial charge is 0.383 e. The summed E-state index contributed by atoms with van der Waals surface area (Å²) in [6, 6.07) is 0.677. The highest BCUT2D eigenvalue weighted by Gasteiger charge is 2.33. The number of rotatable bonds is 8. The van der Waals surface area contributed by atoms with Crippen molar-refractivity contribution >= 4 is 5.91 Å². The van der Waals surface area contributed by atoms with Gasteiger partial charge >= 0.3 is 0 Å². The quantitative estimate of drug-likeness (QED) is 0.673. The van der Waals surface area contributed by atoms with E-state index in [1.807, 2.05) is 11.9 Å². The van der Waals surface area contributed by atoms with Crippen molar-refractivity contribution in [1.29, 1.82) is 0 Å². The number of hydrogen-bond acceptors (Lipinski definition) is 3. The van der Waals surface area contributed by atoms with Gasteiger partial charge in [0.15, 0.2) is 0 Å². The molecule has 1 fully saturated rings. The van der Waals surface area contributed by atoms with Crippen molar-refractivity contribution in [1.82, 2.24) is 10.2 Å². The minimum absolute atomic E-state index is 0.256. The van der Waals surface area contributed by atoms with Gasteiger partial charge in [-0.05, 0) is 19.9 Å². The van der Waals surface area contributed by atoms with Gasteiger partial charge < -0.3 is 15.0 Å². The van der Waals surface area contributed by atoms with Crippen LogP contribution in [-0.4, -0.2) is 50.2 Å². The van der Waals surface area contributed by atoms with Gasteiger partial charge in [-0.2, -0.15) is 0 Å². The van der Waals surface area contributed by atoms with Crippen LogP contribution in [0, 0.1) is 0 Å². The van der Waals surface area contributed by atoms with Gasteiger partial charge in [0.1, 0.15) is 0 Å². The lowest BCUT2D eigenvalue weighted by atomic mass is 10.1. The van der Waals surface area contributed by atoms with E-state index in [0.717, 1.165) is 19.4 Å². The SMILES string of the molecule is CCCCCCC(=O)N1CC(NC)CC1COC. The minimum atomic E-state index is 0.256. The monoisotopic (exact) mass is 256 g/mol. The van der Waals surface area contributed by atoms with E-state index < -0.39 is 0 Å². The molecule has 0 bridgehead atoms. The summed E-state index contributed by atoms with van der Waals surface area (Å²) in [5.41, 5.74) is 0. The van der Waals surface area contributed by atoms with E-state index in [9.17, 15) is 4.79 Å². The molecule has 0 spiro atoms. The van der Waals surface area contributed by atoms with Crippen LogP contribution < -0.4 is 5.32 Å². The van der Waals surface area contributed by atoms with E-state index in [1.54, 1.807) is 7.11 Å². The van der Waals surface area contributed by atoms with Gasteiger partial charge in [0.2, 0.25) is 5.91 Å². The zero-order chi connectivity index (χ0) is 13.4. The van der Waals surface area contributed by atoms with Gasteiger partial charge in [-0.3, -0.25) is 4.79 Å². The van der Waals surface area contributed by atoms with Gasteiger partial charge in [-0.1, -0.05) is 26.2 Å². The summed E-state index contributed by atoms with van der Waals surface area (Å²) in [7, 11) is 3.67. The zero-order valence-corrected chi connectivity index (χ0v) is 12.1. The number of nitrogens with zero attached hydrogens (tertiary/aromatic N) is 1. The number of nitrogens with one attached hydrogen (secondary N) is 1. The standard InChI is InChI=1S/C14H28N2O2/c1-4-5-6-7-8-14(17)16-10-12(15-2)9-13(16)11-18-3/h12-13,15H,4-11H2,1-3H3. The van der Waals surface area contributed by atoms with Crippen LogP contribution >= 0.6 is 0 Å². The first kappa shape index (κ1) is 15.4. The molecule has 4 heteroatoms. The fraction of sp³-hybridized carbons (Fsp3) is 0.929. The van der Waals surface area contributed by atoms with Gasteiger partial charge in [0.05, 0.1) is 12.6 Å². The fourth-order valence-electron chi connectivity index (χ4n) is 2.63. The summed E-state index contributed by atoms with van der Waals surface area (Å²) >= 11 is 0. The number of likely N-dealkylation sites (N-methyl/N-ethyl adjacent to an activating group) is 1. The highest BCUT2D eigenvalue weighted by Crippen LogP contribution is 2.20.